The molecule has 0 aliphatic carbocycles. The number of fused-ring (bicyclic) bond motifs is 1. The number of anilines is 1. The van der Waals surface area contributed by atoms with Gasteiger partial charge in [-0.25, -0.2) is 0 Å². The van der Waals surface area contributed by atoms with E-state index in [1.807, 2.05) is 61.6 Å². The van der Waals surface area contributed by atoms with Crippen molar-refractivity contribution in [3.63, 3.8) is 0 Å². The molecule has 0 bridgehead atoms. The summed E-state index contributed by atoms with van der Waals surface area (Å²) in [5.74, 6) is 1.29. The minimum Gasteiger partial charge on any atom is -0.454 e. The lowest BCUT2D eigenvalue weighted by Gasteiger charge is -2.12. The Kier molecular flexibility index (Phi) is 11.9. The molecular weight excluding hydrogens is 574 g/mol. The number of aliphatic hydroxyl groups excluding tert-OH is 1. The topological polar surface area (TPSA) is 84.9 Å². The summed E-state index contributed by atoms with van der Waals surface area (Å²) in [7, 11) is 2.94. The van der Waals surface area contributed by atoms with E-state index in [9.17, 15) is 9.59 Å². The second kappa shape index (κ2) is 16.2. The van der Waals surface area contributed by atoms with Crippen molar-refractivity contribution in [2.75, 3.05) is 26.3 Å². The maximum atomic E-state index is 11.6. The van der Waals surface area contributed by atoms with E-state index < -0.39 is 0 Å². The Labute approximate surface area is 271 Å². The van der Waals surface area contributed by atoms with E-state index in [2.05, 4.69) is 62.5 Å². The first-order chi connectivity index (χ1) is 22.4. The molecular formula is C40H41NO5. The second-order valence-corrected chi connectivity index (χ2v) is 11.1. The lowest BCUT2D eigenvalue weighted by atomic mass is 9.91. The van der Waals surface area contributed by atoms with Gasteiger partial charge < -0.3 is 24.7 Å². The summed E-state index contributed by atoms with van der Waals surface area (Å²) in [5.41, 5.74) is 12.5. The zero-order valence-electron chi connectivity index (χ0n) is 27.0. The molecule has 0 saturated carbocycles. The van der Waals surface area contributed by atoms with E-state index in [1.54, 1.807) is 12.1 Å². The van der Waals surface area contributed by atoms with Crippen LogP contribution in [0.5, 0.6) is 11.5 Å². The number of aldehydes is 2. The van der Waals surface area contributed by atoms with Gasteiger partial charge in [-0.05, 0) is 96.0 Å². The van der Waals surface area contributed by atoms with Crippen molar-refractivity contribution in [2.24, 2.45) is 0 Å². The highest BCUT2D eigenvalue weighted by molar-refractivity contribution is 5.75. The first-order valence-corrected chi connectivity index (χ1v) is 15.2. The largest absolute Gasteiger partial charge is 0.454 e. The third-order valence-corrected chi connectivity index (χ3v) is 7.92. The molecule has 1 unspecified atom stereocenters. The van der Waals surface area contributed by atoms with Crippen LogP contribution in [0.15, 0.2) is 103 Å². The summed E-state index contributed by atoms with van der Waals surface area (Å²) in [5, 5.41) is 10.1. The zero-order valence-corrected chi connectivity index (χ0v) is 27.0. The van der Waals surface area contributed by atoms with Gasteiger partial charge in [0.25, 0.3) is 0 Å². The first kappa shape index (κ1) is 33.7. The summed E-state index contributed by atoms with van der Waals surface area (Å²) >= 11 is 0. The van der Waals surface area contributed by atoms with Crippen LogP contribution in [-0.2, 0) is 11.2 Å². The highest BCUT2D eigenvalue weighted by Crippen LogP contribution is 2.36. The minimum absolute atomic E-state index is 0.224. The Morgan fingerprint density at radius 1 is 0.717 bits per heavy atom. The van der Waals surface area contributed by atoms with Crippen molar-refractivity contribution in [1.82, 2.24) is 0 Å². The van der Waals surface area contributed by atoms with Gasteiger partial charge in [-0.15, -0.1) is 0 Å². The van der Waals surface area contributed by atoms with E-state index in [-0.39, 0.29) is 12.7 Å². The van der Waals surface area contributed by atoms with E-state index in [1.165, 1.54) is 27.8 Å². The number of carbonyl (C=O) groups is 2. The fourth-order valence-electron chi connectivity index (χ4n) is 5.67. The number of carbonyl (C=O) groups excluding carboxylic acids is 2. The Balaban J connectivity index is 0.000000218. The van der Waals surface area contributed by atoms with Gasteiger partial charge in [-0.3, -0.25) is 4.79 Å². The van der Waals surface area contributed by atoms with Gasteiger partial charge in [0.15, 0.2) is 11.5 Å². The van der Waals surface area contributed by atoms with Gasteiger partial charge in [0.05, 0.1) is 0 Å². The number of hydrogen-bond donors (Lipinski definition) is 2. The van der Waals surface area contributed by atoms with Crippen molar-refractivity contribution >= 4 is 18.3 Å². The molecule has 5 aromatic carbocycles. The third kappa shape index (κ3) is 8.29. The van der Waals surface area contributed by atoms with Crippen molar-refractivity contribution in [2.45, 2.75) is 33.1 Å². The van der Waals surface area contributed by atoms with Gasteiger partial charge in [0.2, 0.25) is 6.79 Å². The van der Waals surface area contributed by atoms with Crippen LogP contribution in [0.3, 0.4) is 0 Å². The summed E-state index contributed by atoms with van der Waals surface area (Å²) in [6.07, 6.45) is 2.39. The van der Waals surface area contributed by atoms with E-state index in [0.29, 0.717) is 12.0 Å². The molecule has 0 amide bonds. The molecule has 6 nitrogen and oxygen atoms in total. The predicted octanol–water partition coefficient (Wildman–Crippen LogP) is 8.35. The average molecular weight is 616 g/mol. The molecule has 1 aliphatic heterocycles. The fourth-order valence-corrected chi connectivity index (χ4v) is 5.67. The van der Waals surface area contributed by atoms with Crippen molar-refractivity contribution in [3.8, 4) is 33.8 Å². The van der Waals surface area contributed by atoms with Crippen LogP contribution in [-0.4, -0.2) is 38.6 Å². The molecule has 0 spiro atoms. The van der Waals surface area contributed by atoms with Crippen LogP contribution < -0.4 is 14.8 Å². The van der Waals surface area contributed by atoms with Gasteiger partial charge in [0, 0.05) is 31.3 Å². The highest BCUT2D eigenvalue weighted by atomic mass is 16.7. The first-order valence-electron chi connectivity index (χ1n) is 15.2. The zero-order chi connectivity index (χ0) is 33.1. The summed E-state index contributed by atoms with van der Waals surface area (Å²) in [6, 6.07) is 34.3. The number of benzene rings is 5. The van der Waals surface area contributed by atoms with Crippen molar-refractivity contribution < 1.29 is 24.2 Å². The number of aliphatic hydroxyl groups is 1. The molecule has 0 fully saturated rings. The Morgan fingerprint density at radius 2 is 1.30 bits per heavy atom. The Bertz CT molecular complexity index is 1720. The van der Waals surface area contributed by atoms with Gasteiger partial charge in [0.1, 0.15) is 12.6 Å². The molecule has 5 aromatic rings. The molecule has 6 heteroatoms. The Morgan fingerprint density at radius 3 is 1.89 bits per heavy atom. The van der Waals surface area contributed by atoms with Crippen LogP contribution in [0.2, 0.25) is 0 Å². The van der Waals surface area contributed by atoms with Crippen molar-refractivity contribution in [1.29, 1.82) is 0 Å². The molecule has 0 radical (unpaired) electrons. The predicted molar refractivity (Wildman–Crippen MR) is 186 cm³/mol. The quantitative estimate of drug-likeness (QED) is 0.171. The standard InChI is InChI=1S/C23H18O4.C16H19N.CH4O/c24-13-17-3-1-16(2-4-17)11-21(14-25)19-7-5-18(6-8-19)20-9-10-22-23(12-20)27-15-26-22;1-11-9-12(2)16(13(3)10-11)14-5-7-15(17-4)8-6-14;1-2/h1-10,12-14,21H,11,15H2;5-10,17H,1-4H3;2H,1H3. The number of hydrogen-bond acceptors (Lipinski definition) is 6. The molecule has 236 valence electrons. The SMILES string of the molecule is CNc1ccc(-c2c(C)cc(C)cc2C)cc1.CO.O=Cc1ccc(CC(C=O)c2ccc(-c3ccc4c(c3)OCO4)cc2)cc1. The second-order valence-electron chi connectivity index (χ2n) is 11.1. The molecule has 0 aromatic heterocycles. The summed E-state index contributed by atoms with van der Waals surface area (Å²) < 4.78 is 10.8. The van der Waals surface area contributed by atoms with Crippen LogP contribution in [0.1, 0.15) is 44.1 Å². The van der Waals surface area contributed by atoms with E-state index in [4.69, 9.17) is 14.6 Å². The number of nitrogens with one attached hydrogen (secondary N) is 1. The minimum atomic E-state index is -0.224. The van der Waals surface area contributed by atoms with Crippen LogP contribution in [0, 0.1) is 20.8 Å². The van der Waals surface area contributed by atoms with Gasteiger partial charge in [-0.2, -0.15) is 0 Å². The lowest BCUT2D eigenvalue weighted by Crippen LogP contribution is -2.04. The number of rotatable bonds is 8. The third-order valence-electron chi connectivity index (χ3n) is 7.92. The molecule has 6 rings (SSSR count). The summed E-state index contributed by atoms with van der Waals surface area (Å²) in [6.45, 7) is 6.77. The maximum absolute atomic E-state index is 11.6. The van der Waals surface area contributed by atoms with Crippen molar-refractivity contribution in [3.05, 3.63) is 137 Å². The number of aryl methyl sites for hydroxylation is 3. The Hall–Kier alpha value is -5.20. The maximum Gasteiger partial charge on any atom is 0.231 e. The molecule has 1 atom stereocenters. The normalized spacial score (nSPS) is 11.7. The molecule has 1 heterocycles. The molecule has 0 saturated heterocycles. The van der Waals surface area contributed by atoms with Gasteiger partial charge in [-0.1, -0.05) is 84.4 Å². The molecule has 1 aliphatic rings. The lowest BCUT2D eigenvalue weighted by molar-refractivity contribution is -0.109. The summed E-state index contributed by atoms with van der Waals surface area (Å²) in [4.78, 5) is 22.4. The van der Waals surface area contributed by atoms with E-state index in [0.717, 1.165) is 59.1 Å². The number of ether oxygens (including phenoxy) is 2. The van der Waals surface area contributed by atoms with Crippen LogP contribution in [0.4, 0.5) is 5.69 Å². The van der Waals surface area contributed by atoms with Crippen LogP contribution >= 0.6 is 0 Å². The fraction of sp³-hybridized carbons (Fsp3) is 0.200. The molecule has 46 heavy (non-hydrogen) atoms. The average Bonchev–Trinajstić information content (AvgIpc) is 3.57. The molecule has 2 N–H and O–H groups in total. The highest BCUT2D eigenvalue weighted by Gasteiger charge is 2.15. The van der Waals surface area contributed by atoms with Crippen LogP contribution in [0.25, 0.3) is 22.3 Å². The van der Waals surface area contributed by atoms with E-state index >= 15 is 0 Å². The monoisotopic (exact) mass is 615 g/mol. The van der Waals surface area contributed by atoms with Gasteiger partial charge >= 0.3 is 0 Å². The smallest absolute Gasteiger partial charge is 0.231 e.